The molecule has 0 saturated heterocycles. The molecular formula is C19H17N3O3. The maximum atomic E-state index is 12.4. The minimum Gasteiger partial charge on any atom is -0.504 e. The number of benzene rings is 2. The number of hydrogen-bond acceptors (Lipinski definition) is 5. The van der Waals surface area contributed by atoms with Gasteiger partial charge in [-0.3, -0.25) is 4.79 Å². The fourth-order valence-corrected chi connectivity index (χ4v) is 2.75. The van der Waals surface area contributed by atoms with Crippen molar-refractivity contribution in [1.82, 2.24) is 0 Å². The number of phenolic OH excluding ortho intramolecular Hbond substituents is 2. The fraction of sp³-hybridized carbons (Fsp3) is 0.158. The number of amides is 1. The number of carbonyl (C=O) groups excluding carboxylic acids is 1. The number of nitrogens with zero attached hydrogens (tertiary/aromatic N) is 1. The summed E-state index contributed by atoms with van der Waals surface area (Å²) >= 11 is 0. The third-order valence-corrected chi connectivity index (χ3v) is 4.00. The molecule has 0 spiro atoms. The van der Waals surface area contributed by atoms with Crippen LogP contribution in [-0.4, -0.2) is 22.7 Å². The van der Waals surface area contributed by atoms with Crippen LogP contribution in [0.4, 0.5) is 11.4 Å². The van der Waals surface area contributed by atoms with Gasteiger partial charge < -0.3 is 20.8 Å². The summed E-state index contributed by atoms with van der Waals surface area (Å²) in [5.41, 5.74) is 3.00. The Balaban J connectivity index is 1.85. The summed E-state index contributed by atoms with van der Waals surface area (Å²) in [6.07, 6.45) is 3.34. The van der Waals surface area contributed by atoms with Gasteiger partial charge in [-0.25, -0.2) is 0 Å². The van der Waals surface area contributed by atoms with Gasteiger partial charge in [-0.1, -0.05) is 18.2 Å². The Hall–Kier alpha value is -3.46. The maximum absolute atomic E-state index is 12.4. The molecule has 0 radical (unpaired) electrons. The first kappa shape index (κ1) is 16.4. The lowest BCUT2D eigenvalue weighted by Gasteiger charge is -2.21. The van der Waals surface area contributed by atoms with E-state index in [0.717, 1.165) is 30.6 Å². The van der Waals surface area contributed by atoms with Crippen LogP contribution >= 0.6 is 0 Å². The van der Waals surface area contributed by atoms with Crippen molar-refractivity contribution in [3.05, 3.63) is 53.1 Å². The van der Waals surface area contributed by atoms with Crippen molar-refractivity contribution in [2.45, 2.75) is 12.8 Å². The van der Waals surface area contributed by atoms with Gasteiger partial charge in [0.2, 0.25) is 0 Å². The van der Waals surface area contributed by atoms with Crippen LogP contribution in [0.5, 0.6) is 11.5 Å². The molecule has 4 N–H and O–H groups in total. The minimum absolute atomic E-state index is 0.0986. The summed E-state index contributed by atoms with van der Waals surface area (Å²) in [4.78, 5) is 12.4. The highest BCUT2D eigenvalue weighted by Crippen LogP contribution is 2.30. The molecule has 0 bridgehead atoms. The molecule has 6 heteroatoms. The second-order valence-corrected chi connectivity index (χ2v) is 5.74. The van der Waals surface area contributed by atoms with E-state index < -0.39 is 5.91 Å². The van der Waals surface area contributed by atoms with Crippen molar-refractivity contribution in [2.75, 3.05) is 17.2 Å². The molecule has 1 aliphatic heterocycles. The number of phenols is 2. The number of aromatic hydroxyl groups is 2. The summed E-state index contributed by atoms with van der Waals surface area (Å²) in [5, 5.41) is 34.2. The van der Waals surface area contributed by atoms with Crippen LogP contribution in [-0.2, 0) is 11.2 Å². The van der Waals surface area contributed by atoms with E-state index in [2.05, 4.69) is 10.6 Å². The first-order valence-corrected chi connectivity index (χ1v) is 7.89. The molecule has 0 saturated carbocycles. The molecule has 1 aliphatic rings. The second kappa shape index (κ2) is 6.97. The zero-order valence-corrected chi connectivity index (χ0v) is 13.4. The van der Waals surface area contributed by atoms with Gasteiger partial charge in [0.15, 0.2) is 11.5 Å². The summed E-state index contributed by atoms with van der Waals surface area (Å²) in [6, 6.07) is 11.6. The molecule has 0 atom stereocenters. The van der Waals surface area contributed by atoms with Gasteiger partial charge in [-0.15, -0.1) is 0 Å². The Morgan fingerprint density at radius 1 is 1.24 bits per heavy atom. The zero-order chi connectivity index (χ0) is 17.8. The number of rotatable bonds is 3. The lowest BCUT2D eigenvalue weighted by atomic mass is 10.0. The van der Waals surface area contributed by atoms with Crippen LogP contribution in [0.1, 0.15) is 17.5 Å². The van der Waals surface area contributed by atoms with Gasteiger partial charge in [0, 0.05) is 6.54 Å². The van der Waals surface area contributed by atoms with Gasteiger partial charge in [0.1, 0.15) is 11.6 Å². The normalized spacial score (nSPS) is 13.3. The van der Waals surface area contributed by atoms with Gasteiger partial charge in [0.05, 0.1) is 11.4 Å². The lowest BCUT2D eigenvalue weighted by Crippen LogP contribution is -2.18. The number of aryl methyl sites for hydroxylation is 1. The van der Waals surface area contributed by atoms with E-state index in [1.807, 2.05) is 18.2 Å². The van der Waals surface area contributed by atoms with Crippen LogP contribution in [0.3, 0.4) is 0 Å². The lowest BCUT2D eigenvalue weighted by molar-refractivity contribution is -0.112. The average Bonchev–Trinajstić information content (AvgIpc) is 2.63. The van der Waals surface area contributed by atoms with E-state index in [1.54, 1.807) is 6.07 Å². The number of nitriles is 1. The third kappa shape index (κ3) is 3.56. The van der Waals surface area contributed by atoms with Crippen molar-refractivity contribution >= 4 is 23.4 Å². The van der Waals surface area contributed by atoms with Gasteiger partial charge in [-0.05, 0) is 48.2 Å². The minimum atomic E-state index is -0.532. The Morgan fingerprint density at radius 3 is 2.84 bits per heavy atom. The molecule has 0 fully saturated rings. The number of para-hydroxylation sites is 1. The molecule has 3 rings (SSSR count). The van der Waals surface area contributed by atoms with Crippen LogP contribution < -0.4 is 10.6 Å². The highest BCUT2D eigenvalue weighted by atomic mass is 16.3. The number of anilines is 2. The quantitative estimate of drug-likeness (QED) is 0.392. The molecule has 2 aromatic rings. The first-order chi connectivity index (χ1) is 12.1. The highest BCUT2D eigenvalue weighted by molar-refractivity contribution is 6.11. The number of nitrogens with one attached hydrogen (secondary N) is 2. The van der Waals surface area contributed by atoms with Crippen LogP contribution in [0.2, 0.25) is 0 Å². The van der Waals surface area contributed by atoms with Crippen molar-refractivity contribution < 1.29 is 15.0 Å². The second-order valence-electron chi connectivity index (χ2n) is 5.74. The number of fused-ring (bicyclic) bond motifs is 1. The van der Waals surface area contributed by atoms with Crippen molar-refractivity contribution in [3.8, 4) is 17.6 Å². The molecule has 1 amide bonds. The smallest absolute Gasteiger partial charge is 0.266 e. The topological polar surface area (TPSA) is 105 Å². The molecule has 0 aliphatic carbocycles. The first-order valence-electron chi connectivity index (χ1n) is 7.89. The molecular weight excluding hydrogens is 318 g/mol. The average molecular weight is 335 g/mol. The fourth-order valence-electron chi connectivity index (χ4n) is 2.75. The molecule has 0 unspecified atom stereocenters. The SMILES string of the molecule is N#C/C(=C\c1ccc(O)c(O)c1)C(=O)Nc1cccc2c1NCCC2. The van der Waals surface area contributed by atoms with Crippen molar-refractivity contribution in [3.63, 3.8) is 0 Å². The highest BCUT2D eigenvalue weighted by Gasteiger charge is 2.16. The molecule has 126 valence electrons. The monoisotopic (exact) mass is 335 g/mol. The van der Waals surface area contributed by atoms with E-state index in [9.17, 15) is 20.3 Å². The van der Waals surface area contributed by atoms with E-state index >= 15 is 0 Å². The van der Waals surface area contributed by atoms with E-state index in [-0.39, 0.29) is 17.1 Å². The van der Waals surface area contributed by atoms with Gasteiger partial charge in [0.25, 0.3) is 5.91 Å². The zero-order valence-electron chi connectivity index (χ0n) is 13.4. The summed E-state index contributed by atoms with van der Waals surface area (Å²) < 4.78 is 0. The van der Waals surface area contributed by atoms with Gasteiger partial charge in [-0.2, -0.15) is 5.26 Å². The maximum Gasteiger partial charge on any atom is 0.266 e. The largest absolute Gasteiger partial charge is 0.504 e. The molecule has 2 aromatic carbocycles. The van der Waals surface area contributed by atoms with Crippen LogP contribution in [0.15, 0.2) is 42.0 Å². The summed E-state index contributed by atoms with van der Waals surface area (Å²) in [6.45, 7) is 0.841. The Labute approximate surface area is 145 Å². The predicted octanol–water partition coefficient (Wildman–Crippen LogP) is 3.00. The number of hydrogen-bond donors (Lipinski definition) is 4. The van der Waals surface area contributed by atoms with E-state index in [0.29, 0.717) is 11.3 Å². The van der Waals surface area contributed by atoms with Crippen LogP contribution in [0.25, 0.3) is 6.08 Å². The predicted molar refractivity (Wildman–Crippen MR) is 95.2 cm³/mol. The summed E-state index contributed by atoms with van der Waals surface area (Å²) in [7, 11) is 0. The molecule has 1 heterocycles. The molecule has 6 nitrogen and oxygen atoms in total. The van der Waals surface area contributed by atoms with Crippen molar-refractivity contribution in [2.24, 2.45) is 0 Å². The Kier molecular flexibility index (Phi) is 4.57. The Morgan fingerprint density at radius 2 is 2.08 bits per heavy atom. The molecule has 0 aromatic heterocycles. The van der Waals surface area contributed by atoms with Crippen molar-refractivity contribution in [1.29, 1.82) is 5.26 Å². The summed E-state index contributed by atoms with van der Waals surface area (Å²) in [5.74, 6) is -1.11. The van der Waals surface area contributed by atoms with E-state index in [1.165, 1.54) is 24.3 Å². The number of carbonyl (C=O) groups is 1. The molecule has 25 heavy (non-hydrogen) atoms. The third-order valence-electron chi connectivity index (χ3n) is 4.00. The van der Waals surface area contributed by atoms with Gasteiger partial charge >= 0.3 is 0 Å². The van der Waals surface area contributed by atoms with E-state index in [4.69, 9.17) is 0 Å². The standard InChI is InChI=1S/C19H17N3O3/c20-11-14(9-12-6-7-16(23)17(24)10-12)19(25)22-15-5-1-3-13-4-2-8-21-18(13)15/h1,3,5-7,9-10,21,23-24H,2,4,8H2,(H,22,25)/b14-9+. The Bertz CT molecular complexity index is 897. The van der Waals surface area contributed by atoms with Crippen LogP contribution in [0, 0.1) is 11.3 Å².